The number of nitro groups is 1. The highest BCUT2D eigenvalue weighted by Crippen LogP contribution is 2.30. The molecule has 1 fully saturated rings. The molecule has 10 heteroatoms. The van der Waals surface area contributed by atoms with E-state index in [9.17, 15) is 14.9 Å². The number of amides is 1. The molecule has 34 heavy (non-hydrogen) atoms. The number of nitro benzene ring substituents is 1. The van der Waals surface area contributed by atoms with Crippen molar-refractivity contribution in [3.63, 3.8) is 0 Å². The van der Waals surface area contributed by atoms with Gasteiger partial charge in [-0.3, -0.25) is 14.9 Å². The van der Waals surface area contributed by atoms with Crippen molar-refractivity contribution in [2.45, 2.75) is 5.03 Å². The van der Waals surface area contributed by atoms with E-state index in [0.29, 0.717) is 43.5 Å². The first-order chi connectivity index (χ1) is 16.6. The molecule has 1 saturated heterocycles. The zero-order valence-corrected chi connectivity index (χ0v) is 19.0. The third-order valence-corrected chi connectivity index (χ3v) is 6.67. The summed E-state index contributed by atoms with van der Waals surface area (Å²) in [6.07, 6.45) is 1.58. The van der Waals surface area contributed by atoms with Crippen molar-refractivity contribution in [2.75, 3.05) is 36.8 Å². The highest BCUT2D eigenvalue weighted by Gasteiger charge is 2.25. The van der Waals surface area contributed by atoms with Crippen molar-refractivity contribution in [2.24, 2.45) is 0 Å². The first kappa shape index (κ1) is 21.9. The van der Waals surface area contributed by atoms with Crippen LogP contribution in [0.25, 0.3) is 22.5 Å². The number of nitrogens with zero attached hydrogens (tertiary/aromatic N) is 5. The number of anilines is 1. The number of carbonyl (C=O) groups excluding carboxylic acids is 1. The van der Waals surface area contributed by atoms with Crippen LogP contribution in [0.3, 0.4) is 0 Å². The zero-order valence-electron chi connectivity index (χ0n) is 18.2. The van der Waals surface area contributed by atoms with Crippen LogP contribution in [0.4, 0.5) is 11.4 Å². The molecule has 4 aromatic rings. The predicted octanol–water partition coefficient (Wildman–Crippen LogP) is 4.24. The minimum absolute atomic E-state index is 0.00875. The normalized spacial score (nSPS) is 13.9. The smallest absolute Gasteiger partial charge is 0.292 e. The molecule has 172 valence electrons. The molecule has 2 aromatic heterocycles. The van der Waals surface area contributed by atoms with E-state index in [2.05, 4.69) is 9.97 Å². The van der Waals surface area contributed by atoms with E-state index in [0.717, 1.165) is 15.9 Å². The Balaban J connectivity index is 1.26. The van der Waals surface area contributed by atoms with Crippen LogP contribution in [0.1, 0.15) is 0 Å². The lowest BCUT2D eigenvalue weighted by molar-refractivity contribution is -0.384. The Bertz CT molecular complexity index is 1340. The summed E-state index contributed by atoms with van der Waals surface area (Å²) < 4.78 is 5.46. The van der Waals surface area contributed by atoms with Gasteiger partial charge in [0.15, 0.2) is 11.6 Å². The van der Waals surface area contributed by atoms with Crippen LogP contribution in [-0.4, -0.2) is 57.6 Å². The van der Waals surface area contributed by atoms with Gasteiger partial charge in [-0.1, -0.05) is 42.1 Å². The van der Waals surface area contributed by atoms with Crippen LogP contribution in [0, 0.1) is 10.1 Å². The molecule has 0 radical (unpaired) electrons. The average molecular weight is 476 g/mol. The van der Waals surface area contributed by atoms with E-state index < -0.39 is 0 Å². The molecule has 1 aliphatic rings. The number of aromatic nitrogens is 2. The average Bonchev–Trinajstić information content (AvgIpc) is 3.42. The van der Waals surface area contributed by atoms with Gasteiger partial charge in [0.05, 0.1) is 22.5 Å². The van der Waals surface area contributed by atoms with E-state index in [1.807, 2.05) is 29.2 Å². The molecule has 0 aliphatic carbocycles. The predicted molar refractivity (Wildman–Crippen MR) is 130 cm³/mol. The van der Waals surface area contributed by atoms with Crippen LogP contribution in [0.5, 0.6) is 0 Å². The maximum Gasteiger partial charge on any atom is 0.292 e. The van der Waals surface area contributed by atoms with Crippen molar-refractivity contribution < 1.29 is 14.1 Å². The van der Waals surface area contributed by atoms with Gasteiger partial charge >= 0.3 is 0 Å². The van der Waals surface area contributed by atoms with Crippen LogP contribution in [0.15, 0.2) is 76.4 Å². The van der Waals surface area contributed by atoms with Gasteiger partial charge in [-0.05, 0) is 24.3 Å². The minimum Gasteiger partial charge on any atom is -0.461 e. The Labute approximate surface area is 199 Å². The second-order valence-electron chi connectivity index (χ2n) is 7.75. The van der Waals surface area contributed by atoms with Crippen molar-refractivity contribution in [1.82, 2.24) is 14.9 Å². The Morgan fingerprint density at radius 3 is 2.53 bits per heavy atom. The van der Waals surface area contributed by atoms with Crippen molar-refractivity contribution in [3.8, 4) is 11.6 Å². The van der Waals surface area contributed by atoms with Crippen LogP contribution >= 0.6 is 11.8 Å². The lowest BCUT2D eigenvalue weighted by Crippen LogP contribution is -2.49. The maximum atomic E-state index is 13.0. The molecule has 1 amide bonds. The molecular formula is C24H21N5O4S. The molecule has 9 nitrogen and oxygen atoms in total. The quantitative estimate of drug-likeness (QED) is 0.176. The number of rotatable bonds is 6. The summed E-state index contributed by atoms with van der Waals surface area (Å²) in [6.45, 7) is 2.10. The molecule has 0 saturated carbocycles. The van der Waals surface area contributed by atoms with E-state index in [4.69, 9.17) is 4.42 Å². The fourth-order valence-electron chi connectivity index (χ4n) is 3.98. The zero-order chi connectivity index (χ0) is 23.5. The van der Waals surface area contributed by atoms with Gasteiger partial charge in [-0.2, -0.15) is 0 Å². The van der Waals surface area contributed by atoms with E-state index >= 15 is 0 Å². The summed E-state index contributed by atoms with van der Waals surface area (Å²) >= 11 is 1.38. The topological polar surface area (TPSA) is 106 Å². The lowest BCUT2D eigenvalue weighted by Gasteiger charge is -2.35. The number of hydrogen-bond donors (Lipinski definition) is 0. The summed E-state index contributed by atoms with van der Waals surface area (Å²) in [5.41, 5.74) is 1.46. The molecule has 1 aliphatic heterocycles. The number of thioether (sulfide) groups is 1. The van der Waals surface area contributed by atoms with Crippen molar-refractivity contribution in [3.05, 3.63) is 77.0 Å². The summed E-state index contributed by atoms with van der Waals surface area (Å²) in [7, 11) is 0. The van der Waals surface area contributed by atoms with Gasteiger partial charge in [0, 0.05) is 37.6 Å². The number of benzene rings is 2. The number of para-hydroxylation sites is 3. The number of furan rings is 1. The number of hydrogen-bond acceptors (Lipinski definition) is 8. The van der Waals surface area contributed by atoms with Gasteiger partial charge < -0.3 is 14.2 Å². The minimum atomic E-state index is -0.369. The first-order valence-electron chi connectivity index (χ1n) is 10.8. The molecular weight excluding hydrogens is 454 g/mol. The second kappa shape index (κ2) is 9.52. The van der Waals surface area contributed by atoms with E-state index in [-0.39, 0.29) is 22.3 Å². The van der Waals surface area contributed by atoms with Gasteiger partial charge in [-0.15, -0.1) is 0 Å². The summed E-state index contributed by atoms with van der Waals surface area (Å²) in [5.74, 6) is 1.31. The van der Waals surface area contributed by atoms with Crippen LogP contribution in [0.2, 0.25) is 0 Å². The standard InChI is InChI=1S/C24H21N5O4S/c30-22(28-13-11-27(12-14-28)19-8-3-4-9-20(19)29(31)32)16-34-24-17-6-1-2-7-18(17)25-23(26-24)21-10-5-15-33-21/h1-10,15H,11-14,16H2. The molecule has 0 bridgehead atoms. The van der Waals surface area contributed by atoms with Gasteiger partial charge in [-0.25, -0.2) is 9.97 Å². The Hall–Kier alpha value is -3.92. The highest BCUT2D eigenvalue weighted by atomic mass is 32.2. The molecule has 0 spiro atoms. The second-order valence-corrected chi connectivity index (χ2v) is 8.71. The summed E-state index contributed by atoms with van der Waals surface area (Å²) in [5, 5.41) is 13.0. The van der Waals surface area contributed by atoms with Crippen LogP contribution < -0.4 is 4.90 Å². The number of fused-ring (bicyclic) bond motifs is 1. The summed E-state index contributed by atoms with van der Waals surface area (Å²) in [4.78, 5) is 36.9. The van der Waals surface area contributed by atoms with Crippen LogP contribution in [-0.2, 0) is 4.79 Å². The molecule has 0 atom stereocenters. The monoisotopic (exact) mass is 475 g/mol. The van der Waals surface area contributed by atoms with E-state index in [1.165, 1.54) is 17.8 Å². The third kappa shape index (κ3) is 4.44. The van der Waals surface area contributed by atoms with Gasteiger partial charge in [0.1, 0.15) is 10.7 Å². The largest absolute Gasteiger partial charge is 0.461 e. The molecule has 0 N–H and O–H groups in total. The first-order valence-corrected chi connectivity index (χ1v) is 11.8. The van der Waals surface area contributed by atoms with Gasteiger partial charge in [0.2, 0.25) is 5.91 Å². The van der Waals surface area contributed by atoms with Crippen molar-refractivity contribution >= 4 is 39.9 Å². The Kier molecular flexibility index (Phi) is 6.13. The van der Waals surface area contributed by atoms with Crippen molar-refractivity contribution in [1.29, 1.82) is 0 Å². The lowest BCUT2D eigenvalue weighted by atomic mass is 10.2. The molecule has 3 heterocycles. The fraction of sp³-hybridized carbons (Fsp3) is 0.208. The maximum absolute atomic E-state index is 13.0. The summed E-state index contributed by atoms with van der Waals surface area (Å²) in [6, 6.07) is 18.0. The number of carbonyl (C=O) groups is 1. The van der Waals surface area contributed by atoms with Gasteiger partial charge in [0.25, 0.3) is 5.69 Å². The third-order valence-electron chi connectivity index (χ3n) is 5.69. The number of piperazine rings is 1. The molecule has 5 rings (SSSR count). The Morgan fingerprint density at radius 1 is 1.00 bits per heavy atom. The Morgan fingerprint density at radius 2 is 1.76 bits per heavy atom. The van der Waals surface area contributed by atoms with E-state index in [1.54, 1.807) is 41.5 Å². The molecule has 2 aromatic carbocycles. The fourth-order valence-corrected chi connectivity index (χ4v) is 4.90. The SMILES string of the molecule is O=C(CSc1nc(-c2ccco2)nc2ccccc12)N1CCN(c2ccccc2[N+](=O)[O-])CC1. The highest BCUT2D eigenvalue weighted by molar-refractivity contribution is 8.00. The molecule has 0 unspecified atom stereocenters.